The molecule has 1 saturated heterocycles. The average molecular weight is 356 g/mol. The van der Waals surface area contributed by atoms with Crippen LogP contribution >= 0.6 is 23.2 Å². The lowest BCUT2D eigenvalue weighted by Gasteiger charge is -2.30. The summed E-state index contributed by atoms with van der Waals surface area (Å²) in [5, 5.41) is 9.38. The van der Waals surface area contributed by atoms with Gasteiger partial charge in [0.25, 0.3) is 5.91 Å². The molecule has 1 fully saturated rings. The Morgan fingerprint density at radius 1 is 1.22 bits per heavy atom. The van der Waals surface area contributed by atoms with E-state index in [1.807, 2.05) is 11.9 Å². The van der Waals surface area contributed by atoms with E-state index in [4.69, 9.17) is 23.2 Å². The summed E-state index contributed by atoms with van der Waals surface area (Å²) in [6.45, 7) is 0.665. The molecule has 6 nitrogen and oxygen atoms in total. The number of rotatable bonds is 2. The number of hydrogen-bond donors (Lipinski definition) is 0. The van der Waals surface area contributed by atoms with E-state index in [1.165, 1.54) is 0 Å². The Hall–Kier alpha value is -1.53. The number of nitrogens with zero attached hydrogens (tertiary/aromatic N) is 5. The van der Waals surface area contributed by atoms with Gasteiger partial charge < -0.3 is 4.90 Å². The third-order valence-corrected chi connectivity index (χ3v) is 4.82. The Morgan fingerprint density at radius 2 is 2.00 bits per heavy atom. The van der Waals surface area contributed by atoms with Crippen LogP contribution in [0.2, 0.25) is 10.0 Å². The molecule has 8 heteroatoms. The molecule has 1 aliphatic heterocycles. The van der Waals surface area contributed by atoms with Crippen molar-refractivity contribution in [2.75, 3.05) is 6.54 Å². The van der Waals surface area contributed by atoms with Gasteiger partial charge in [0.05, 0.1) is 28.0 Å². The van der Waals surface area contributed by atoms with Gasteiger partial charge in [-0.2, -0.15) is 10.2 Å². The minimum atomic E-state index is -0.153. The number of carbonyl (C=O) groups is 1. The lowest BCUT2D eigenvalue weighted by molar-refractivity contribution is 0.0667. The molecule has 0 aliphatic carbocycles. The molecular weight excluding hydrogens is 337 g/mol. The van der Waals surface area contributed by atoms with E-state index >= 15 is 0 Å². The summed E-state index contributed by atoms with van der Waals surface area (Å²) in [6, 6.07) is -0.108. The van der Waals surface area contributed by atoms with Gasteiger partial charge in [-0.3, -0.25) is 14.2 Å². The molecule has 3 rings (SSSR count). The van der Waals surface area contributed by atoms with E-state index in [1.54, 1.807) is 28.8 Å². The van der Waals surface area contributed by atoms with Crippen molar-refractivity contribution in [2.24, 2.45) is 14.1 Å². The summed E-state index contributed by atoms with van der Waals surface area (Å²) >= 11 is 12.5. The topological polar surface area (TPSA) is 56.0 Å². The van der Waals surface area contributed by atoms with Crippen LogP contribution < -0.4 is 0 Å². The first-order valence-corrected chi connectivity index (χ1v) is 8.42. The number of carbonyl (C=O) groups excluding carboxylic acids is 1. The first-order valence-electron chi connectivity index (χ1n) is 7.66. The van der Waals surface area contributed by atoms with Crippen molar-refractivity contribution in [1.29, 1.82) is 0 Å². The van der Waals surface area contributed by atoms with Gasteiger partial charge in [-0.1, -0.05) is 36.0 Å². The molecule has 1 amide bonds. The average Bonchev–Trinajstić information content (AvgIpc) is 2.91. The van der Waals surface area contributed by atoms with Crippen molar-refractivity contribution in [3.8, 4) is 0 Å². The Bertz CT molecular complexity index is 704. The quantitative estimate of drug-likeness (QED) is 0.830. The molecule has 0 bridgehead atoms. The largest absolute Gasteiger partial charge is 0.329 e. The molecule has 2 aromatic rings. The molecule has 2 aromatic heterocycles. The van der Waals surface area contributed by atoms with Crippen LogP contribution in [0.3, 0.4) is 0 Å². The first kappa shape index (κ1) is 16.3. The summed E-state index contributed by atoms with van der Waals surface area (Å²) in [5.41, 5.74) is 1.16. The highest BCUT2D eigenvalue weighted by molar-refractivity contribution is 6.33. The molecule has 23 heavy (non-hydrogen) atoms. The second-order valence-electron chi connectivity index (χ2n) is 5.86. The van der Waals surface area contributed by atoms with Crippen LogP contribution in [0, 0.1) is 0 Å². The van der Waals surface area contributed by atoms with Gasteiger partial charge in [0.1, 0.15) is 0 Å². The van der Waals surface area contributed by atoms with E-state index in [0.29, 0.717) is 22.3 Å². The lowest BCUT2D eigenvalue weighted by Crippen LogP contribution is -2.36. The fourth-order valence-corrected chi connectivity index (χ4v) is 3.72. The van der Waals surface area contributed by atoms with E-state index in [9.17, 15) is 4.79 Å². The summed E-state index contributed by atoms with van der Waals surface area (Å²) < 4.78 is 3.30. The molecule has 3 heterocycles. The predicted octanol–water partition coefficient (Wildman–Crippen LogP) is 3.22. The zero-order valence-electron chi connectivity index (χ0n) is 13.2. The molecule has 0 N–H and O–H groups in total. The van der Waals surface area contributed by atoms with Crippen molar-refractivity contribution in [3.63, 3.8) is 0 Å². The van der Waals surface area contributed by atoms with Crippen LogP contribution in [0.15, 0.2) is 12.4 Å². The minimum Gasteiger partial charge on any atom is -0.329 e. The van der Waals surface area contributed by atoms with E-state index in [-0.39, 0.29) is 11.9 Å². The van der Waals surface area contributed by atoms with Crippen molar-refractivity contribution in [1.82, 2.24) is 24.5 Å². The zero-order valence-corrected chi connectivity index (χ0v) is 14.7. The van der Waals surface area contributed by atoms with E-state index in [2.05, 4.69) is 10.2 Å². The fraction of sp³-hybridized carbons (Fsp3) is 0.533. The van der Waals surface area contributed by atoms with Crippen LogP contribution in [0.5, 0.6) is 0 Å². The van der Waals surface area contributed by atoms with Gasteiger partial charge in [0.15, 0.2) is 5.69 Å². The second-order valence-corrected chi connectivity index (χ2v) is 6.68. The molecule has 0 spiro atoms. The Kier molecular flexibility index (Phi) is 4.64. The van der Waals surface area contributed by atoms with Crippen molar-refractivity contribution >= 4 is 29.1 Å². The highest BCUT2D eigenvalue weighted by atomic mass is 35.5. The fourth-order valence-electron chi connectivity index (χ4n) is 3.17. The third kappa shape index (κ3) is 3.10. The number of aromatic nitrogens is 4. The van der Waals surface area contributed by atoms with Gasteiger partial charge in [0.2, 0.25) is 0 Å². The Balaban J connectivity index is 1.99. The number of amides is 1. The monoisotopic (exact) mass is 355 g/mol. The molecule has 0 aromatic carbocycles. The highest BCUT2D eigenvalue weighted by Gasteiger charge is 2.33. The van der Waals surface area contributed by atoms with Crippen molar-refractivity contribution in [3.05, 3.63) is 33.8 Å². The van der Waals surface area contributed by atoms with Crippen LogP contribution in [0.25, 0.3) is 0 Å². The summed E-state index contributed by atoms with van der Waals surface area (Å²) in [6.07, 6.45) is 7.21. The maximum atomic E-state index is 13.0. The number of aryl methyl sites for hydroxylation is 2. The number of likely N-dealkylation sites (tertiary alicyclic amines) is 1. The molecule has 1 unspecified atom stereocenters. The zero-order chi connectivity index (χ0) is 16.6. The molecule has 124 valence electrons. The molecule has 0 saturated carbocycles. The maximum absolute atomic E-state index is 13.0. The molecule has 1 atom stereocenters. The molecule has 1 aliphatic rings. The van der Waals surface area contributed by atoms with Crippen molar-refractivity contribution in [2.45, 2.75) is 31.7 Å². The van der Waals surface area contributed by atoms with E-state index in [0.717, 1.165) is 31.4 Å². The third-order valence-electron chi connectivity index (χ3n) is 4.25. The van der Waals surface area contributed by atoms with Gasteiger partial charge in [-0.25, -0.2) is 0 Å². The minimum absolute atomic E-state index is 0.108. The predicted molar refractivity (Wildman–Crippen MR) is 88.7 cm³/mol. The first-order chi connectivity index (χ1) is 11.0. The lowest BCUT2D eigenvalue weighted by atomic mass is 10.1. The molecular formula is C15H19Cl2N5O. The number of hydrogen-bond acceptors (Lipinski definition) is 3. The second kappa shape index (κ2) is 6.53. The smallest absolute Gasteiger partial charge is 0.276 e. The van der Waals surface area contributed by atoms with Crippen molar-refractivity contribution < 1.29 is 4.79 Å². The van der Waals surface area contributed by atoms with Gasteiger partial charge in [-0.05, 0) is 12.8 Å². The summed E-state index contributed by atoms with van der Waals surface area (Å²) in [4.78, 5) is 14.8. The highest BCUT2D eigenvalue weighted by Crippen LogP contribution is 2.35. The maximum Gasteiger partial charge on any atom is 0.276 e. The van der Waals surface area contributed by atoms with Crippen LogP contribution in [0.4, 0.5) is 0 Å². The van der Waals surface area contributed by atoms with Crippen LogP contribution in [-0.2, 0) is 14.1 Å². The SMILES string of the molecule is Cn1cc(Cl)c(C(=O)N2CCCCCC2c2c(Cl)cnn2C)n1. The summed E-state index contributed by atoms with van der Waals surface area (Å²) in [7, 11) is 3.60. The van der Waals surface area contributed by atoms with Gasteiger partial charge >= 0.3 is 0 Å². The standard InChI is InChI=1S/C15H19Cl2N5O/c1-20-9-11(17)13(19-20)15(23)22-7-5-3-4-6-12(22)14-10(16)8-18-21(14)2/h8-9,12H,3-7H2,1-2H3. The normalized spacial score (nSPS) is 19.0. The number of halogens is 2. The van der Waals surface area contributed by atoms with Crippen LogP contribution in [0.1, 0.15) is 47.9 Å². The Morgan fingerprint density at radius 3 is 2.61 bits per heavy atom. The Labute approximate surface area is 145 Å². The molecule has 0 radical (unpaired) electrons. The van der Waals surface area contributed by atoms with Crippen LogP contribution in [-0.4, -0.2) is 36.9 Å². The van der Waals surface area contributed by atoms with Gasteiger partial charge in [-0.15, -0.1) is 0 Å². The summed E-state index contributed by atoms with van der Waals surface area (Å²) in [5.74, 6) is -0.153. The van der Waals surface area contributed by atoms with E-state index < -0.39 is 0 Å². The van der Waals surface area contributed by atoms with Gasteiger partial charge in [0, 0.05) is 26.8 Å².